The third-order valence-electron chi connectivity index (χ3n) is 2.62. The molecule has 1 aromatic carbocycles. The van der Waals surface area contributed by atoms with Crippen molar-refractivity contribution in [3.8, 4) is 11.5 Å². The Morgan fingerprint density at radius 2 is 2.18 bits per heavy atom. The number of hydrogen-bond donors (Lipinski definition) is 2. The summed E-state index contributed by atoms with van der Waals surface area (Å²) in [6, 6.07) is 5.11. The zero-order chi connectivity index (χ0) is 12.8. The molecule has 0 aliphatic carbocycles. The van der Waals surface area contributed by atoms with Gasteiger partial charge in [-0.2, -0.15) is 0 Å². The van der Waals surface area contributed by atoms with Gasteiger partial charge < -0.3 is 20.3 Å². The van der Waals surface area contributed by atoms with E-state index in [9.17, 15) is 9.90 Å². The maximum atomic E-state index is 11.2. The topological polar surface area (TPSA) is 81.8 Å². The highest BCUT2D eigenvalue weighted by Gasteiger charge is 2.20. The smallest absolute Gasteiger partial charge is 0.306 e. The van der Waals surface area contributed by atoms with E-state index in [4.69, 9.17) is 10.5 Å². The van der Waals surface area contributed by atoms with Gasteiger partial charge in [0.05, 0.1) is 20.6 Å². The average molecular weight is 239 g/mol. The highest BCUT2D eigenvalue weighted by atomic mass is 16.5. The zero-order valence-corrected chi connectivity index (χ0v) is 9.97. The third-order valence-corrected chi connectivity index (χ3v) is 2.62. The Morgan fingerprint density at radius 1 is 1.47 bits per heavy atom. The van der Waals surface area contributed by atoms with E-state index in [1.165, 1.54) is 14.2 Å². The van der Waals surface area contributed by atoms with Gasteiger partial charge >= 0.3 is 5.97 Å². The second-order valence-corrected chi connectivity index (χ2v) is 3.61. The fourth-order valence-corrected chi connectivity index (χ4v) is 1.64. The number of aromatic hydroxyl groups is 1. The fourth-order valence-electron chi connectivity index (χ4n) is 1.64. The first-order valence-corrected chi connectivity index (χ1v) is 5.26. The monoisotopic (exact) mass is 239 g/mol. The van der Waals surface area contributed by atoms with Crippen LogP contribution in [0, 0.1) is 0 Å². The average Bonchev–Trinajstić information content (AvgIpc) is 2.36. The van der Waals surface area contributed by atoms with Gasteiger partial charge in [0, 0.05) is 11.5 Å². The largest absolute Gasteiger partial charge is 0.504 e. The molecular formula is C12H17NO4. The molecular weight excluding hydrogens is 222 g/mol. The van der Waals surface area contributed by atoms with E-state index < -0.39 is 0 Å². The summed E-state index contributed by atoms with van der Waals surface area (Å²) >= 11 is 0. The van der Waals surface area contributed by atoms with Crippen molar-refractivity contribution in [2.75, 3.05) is 20.8 Å². The van der Waals surface area contributed by atoms with Gasteiger partial charge in [-0.15, -0.1) is 0 Å². The number of ether oxygens (including phenoxy) is 2. The number of phenols is 1. The van der Waals surface area contributed by atoms with Crippen molar-refractivity contribution in [3.63, 3.8) is 0 Å². The summed E-state index contributed by atoms with van der Waals surface area (Å²) in [7, 11) is 2.79. The molecule has 3 N–H and O–H groups in total. The van der Waals surface area contributed by atoms with Crippen LogP contribution in [0.2, 0.25) is 0 Å². The number of esters is 1. The molecule has 5 nitrogen and oxygen atoms in total. The van der Waals surface area contributed by atoms with E-state index in [1.807, 2.05) is 0 Å². The Balaban J connectivity index is 2.99. The van der Waals surface area contributed by atoms with Gasteiger partial charge in [-0.05, 0) is 12.6 Å². The number of carbonyl (C=O) groups is 1. The maximum Gasteiger partial charge on any atom is 0.306 e. The van der Waals surface area contributed by atoms with E-state index in [0.29, 0.717) is 11.3 Å². The number of hydrogen-bond acceptors (Lipinski definition) is 5. The van der Waals surface area contributed by atoms with Crippen molar-refractivity contribution in [1.82, 2.24) is 0 Å². The number of methoxy groups -OCH3 is 2. The van der Waals surface area contributed by atoms with Crippen LogP contribution >= 0.6 is 0 Å². The highest BCUT2D eigenvalue weighted by molar-refractivity contribution is 5.70. The van der Waals surface area contributed by atoms with Gasteiger partial charge in [0.15, 0.2) is 11.5 Å². The normalized spacial score (nSPS) is 11.9. The van der Waals surface area contributed by atoms with Crippen molar-refractivity contribution in [1.29, 1.82) is 0 Å². The summed E-state index contributed by atoms with van der Waals surface area (Å²) < 4.78 is 9.60. The summed E-state index contributed by atoms with van der Waals surface area (Å²) in [6.07, 6.45) is 0.133. The quantitative estimate of drug-likeness (QED) is 0.749. The highest BCUT2D eigenvalue weighted by Crippen LogP contribution is 2.35. The van der Waals surface area contributed by atoms with Crippen LogP contribution in [-0.2, 0) is 9.53 Å². The molecule has 0 saturated heterocycles. The van der Waals surface area contributed by atoms with E-state index >= 15 is 0 Å². The minimum Gasteiger partial charge on any atom is -0.504 e. The molecule has 0 bridgehead atoms. The van der Waals surface area contributed by atoms with Gasteiger partial charge in [-0.25, -0.2) is 0 Å². The molecule has 94 valence electrons. The Labute approximate surface area is 100 Å². The van der Waals surface area contributed by atoms with Crippen LogP contribution in [0.1, 0.15) is 17.9 Å². The molecule has 0 spiro atoms. The lowest BCUT2D eigenvalue weighted by Gasteiger charge is -2.16. The van der Waals surface area contributed by atoms with Crippen molar-refractivity contribution < 1.29 is 19.4 Å². The SMILES string of the molecule is COC(=O)CC(CN)c1cccc(OC)c1O. The summed E-state index contributed by atoms with van der Waals surface area (Å²) in [5.74, 6) is -0.250. The third kappa shape index (κ3) is 3.10. The summed E-state index contributed by atoms with van der Waals surface area (Å²) in [6.45, 7) is 0.246. The van der Waals surface area contributed by atoms with Crippen LogP contribution in [0.4, 0.5) is 0 Å². The van der Waals surface area contributed by atoms with E-state index in [1.54, 1.807) is 18.2 Å². The first-order chi connectivity index (χ1) is 8.13. The van der Waals surface area contributed by atoms with Crippen LogP contribution in [0.25, 0.3) is 0 Å². The summed E-state index contributed by atoms with van der Waals surface area (Å²) in [5, 5.41) is 9.94. The summed E-state index contributed by atoms with van der Waals surface area (Å²) in [4.78, 5) is 11.2. The Bertz CT molecular complexity index is 392. The molecule has 0 aliphatic heterocycles. The van der Waals surface area contributed by atoms with E-state index in [2.05, 4.69) is 4.74 Å². The molecule has 0 aromatic heterocycles. The lowest BCUT2D eigenvalue weighted by Crippen LogP contribution is -2.17. The molecule has 1 unspecified atom stereocenters. The van der Waals surface area contributed by atoms with Crippen molar-refractivity contribution >= 4 is 5.97 Å². The standard InChI is InChI=1S/C12H17NO4/c1-16-10-5-3-4-9(12(10)15)8(7-13)6-11(14)17-2/h3-5,8,15H,6-7,13H2,1-2H3. The molecule has 17 heavy (non-hydrogen) atoms. The molecule has 1 aromatic rings. The second kappa shape index (κ2) is 6.10. The second-order valence-electron chi connectivity index (χ2n) is 3.61. The molecule has 0 saturated carbocycles. The van der Waals surface area contributed by atoms with Crippen molar-refractivity contribution in [3.05, 3.63) is 23.8 Å². The van der Waals surface area contributed by atoms with Gasteiger partial charge in [-0.3, -0.25) is 4.79 Å². The number of carbonyl (C=O) groups excluding carboxylic acids is 1. The maximum absolute atomic E-state index is 11.2. The van der Waals surface area contributed by atoms with Crippen LogP contribution in [0.3, 0.4) is 0 Å². The Hall–Kier alpha value is -1.75. The molecule has 1 atom stereocenters. The molecule has 0 radical (unpaired) electrons. The van der Waals surface area contributed by atoms with Gasteiger partial charge in [0.25, 0.3) is 0 Å². The first-order valence-electron chi connectivity index (χ1n) is 5.26. The predicted molar refractivity (Wildman–Crippen MR) is 63.1 cm³/mol. The lowest BCUT2D eigenvalue weighted by molar-refractivity contribution is -0.141. The van der Waals surface area contributed by atoms with Crippen molar-refractivity contribution in [2.24, 2.45) is 5.73 Å². The summed E-state index contributed by atoms with van der Waals surface area (Å²) in [5.41, 5.74) is 6.20. The zero-order valence-electron chi connectivity index (χ0n) is 9.97. The van der Waals surface area contributed by atoms with Crippen LogP contribution in [0.5, 0.6) is 11.5 Å². The number of para-hydroxylation sites is 1. The van der Waals surface area contributed by atoms with Crippen LogP contribution in [-0.4, -0.2) is 31.8 Å². The molecule has 0 fully saturated rings. The minimum absolute atomic E-state index is 0.0225. The van der Waals surface area contributed by atoms with Gasteiger partial charge in [0.2, 0.25) is 0 Å². The number of benzene rings is 1. The number of phenolic OH excluding ortho intramolecular Hbond substituents is 1. The number of nitrogens with two attached hydrogens (primary N) is 1. The Kier molecular flexibility index (Phi) is 4.78. The molecule has 5 heteroatoms. The molecule has 0 aliphatic rings. The molecule has 0 heterocycles. The molecule has 0 amide bonds. The fraction of sp³-hybridized carbons (Fsp3) is 0.417. The Morgan fingerprint density at radius 3 is 2.71 bits per heavy atom. The molecule has 1 rings (SSSR count). The van der Waals surface area contributed by atoms with Gasteiger partial charge in [-0.1, -0.05) is 12.1 Å². The number of rotatable bonds is 5. The first kappa shape index (κ1) is 13.3. The van der Waals surface area contributed by atoms with E-state index in [0.717, 1.165) is 0 Å². The minimum atomic E-state index is -0.359. The van der Waals surface area contributed by atoms with Gasteiger partial charge in [0.1, 0.15) is 0 Å². The van der Waals surface area contributed by atoms with Crippen LogP contribution < -0.4 is 10.5 Å². The van der Waals surface area contributed by atoms with Crippen LogP contribution in [0.15, 0.2) is 18.2 Å². The van der Waals surface area contributed by atoms with Crippen molar-refractivity contribution in [2.45, 2.75) is 12.3 Å². The lowest BCUT2D eigenvalue weighted by atomic mass is 9.94. The van der Waals surface area contributed by atoms with E-state index in [-0.39, 0.29) is 30.6 Å². The predicted octanol–water partition coefficient (Wildman–Crippen LogP) is 1.01.